The molecular weight excluding hydrogens is 256 g/mol. The standard InChI is InChI=1S/C12H13ClN2O3/c1-15(7-11(14)16)10-6-9(13)4-2-8(10)3-5-12(17)18/h2-6H,7H2,1H3,(H2,14,16)(H,17,18)/b5-3+. The second-order valence-electron chi connectivity index (χ2n) is 3.70. The van der Waals surface area contributed by atoms with Gasteiger partial charge in [0.1, 0.15) is 0 Å². The molecule has 1 rings (SSSR count). The van der Waals surface area contributed by atoms with Crippen LogP contribution in [0, 0.1) is 0 Å². The van der Waals surface area contributed by atoms with Crippen LogP contribution in [0.5, 0.6) is 0 Å². The van der Waals surface area contributed by atoms with Gasteiger partial charge in [-0.25, -0.2) is 4.79 Å². The van der Waals surface area contributed by atoms with Crippen LogP contribution in [0.2, 0.25) is 5.02 Å². The maximum absolute atomic E-state index is 10.9. The van der Waals surface area contributed by atoms with Crippen molar-refractivity contribution < 1.29 is 14.7 Å². The molecule has 1 aromatic carbocycles. The topological polar surface area (TPSA) is 83.6 Å². The minimum Gasteiger partial charge on any atom is -0.478 e. The van der Waals surface area contributed by atoms with Crippen LogP contribution in [0.25, 0.3) is 6.08 Å². The highest BCUT2D eigenvalue weighted by Crippen LogP contribution is 2.25. The first-order valence-corrected chi connectivity index (χ1v) is 5.48. The maximum Gasteiger partial charge on any atom is 0.328 e. The first-order valence-electron chi connectivity index (χ1n) is 5.10. The predicted octanol–water partition coefficient (Wildman–Crippen LogP) is 1.36. The predicted molar refractivity (Wildman–Crippen MR) is 70.6 cm³/mol. The average molecular weight is 269 g/mol. The quantitative estimate of drug-likeness (QED) is 0.790. The number of primary amides is 1. The molecule has 6 heteroatoms. The van der Waals surface area contributed by atoms with Crippen LogP contribution in [0.4, 0.5) is 5.69 Å². The molecule has 0 aliphatic rings. The first-order chi connectivity index (χ1) is 8.40. The third kappa shape index (κ3) is 4.10. The van der Waals surface area contributed by atoms with Gasteiger partial charge in [0, 0.05) is 23.8 Å². The second kappa shape index (κ2) is 6.07. The van der Waals surface area contributed by atoms with Crippen LogP contribution >= 0.6 is 11.6 Å². The fraction of sp³-hybridized carbons (Fsp3) is 0.167. The van der Waals surface area contributed by atoms with E-state index in [2.05, 4.69) is 0 Å². The molecule has 96 valence electrons. The summed E-state index contributed by atoms with van der Waals surface area (Å²) in [5, 5.41) is 9.10. The van der Waals surface area contributed by atoms with Crippen molar-refractivity contribution in [1.82, 2.24) is 0 Å². The molecule has 0 saturated heterocycles. The van der Waals surface area contributed by atoms with Crippen LogP contribution < -0.4 is 10.6 Å². The Kier molecular flexibility index (Phi) is 4.74. The number of halogens is 1. The zero-order chi connectivity index (χ0) is 13.7. The SMILES string of the molecule is CN(CC(N)=O)c1cc(Cl)ccc1/C=C/C(=O)O. The van der Waals surface area contributed by atoms with Gasteiger partial charge in [0.2, 0.25) is 5.91 Å². The van der Waals surface area contributed by atoms with E-state index in [1.807, 2.05) is 0 Å². The lowest BCUT2D eigenvalue weighted by molar-refractivity contribution is -0.131. The Balaban J connectivity index is 3.10. The number of benzene rings is 1. The Morgan fingerprint density at radius 2 is 2.17 bits per heavy atom. The van der Waals surface area contributed by atoms with Crippen molar-refractivity contribution in [3.8, 4) is 0 Å². The maximum atomic E-state index is 10.9. The van der Waals surface area contributed by atoms with Gasteiger partial charge in [0.05, 0.1) is 6.54 Å². The normalized spacial score (nSPS) is 10.6. The summed E-state index contributed by atoms with van der Waals surface area (Å²) in [5.41, 5.74) is 6.40. The van der Waals surface area contributed by atoms with E-state index in [1.54, 1.807) is 30.1 Å². The number of rotatable bonds is 5. The summed E-state index contributed by atoms with van der Waals surface area (Å²) < 4.78 is 0. The van der Waals surface area contributed by atoms with Gasteiger partial charge in [0.25, 0.3) is 0 Å². The number of aliphatic carboxylic acids is 1. The smallest absolute Gasteiger partial charge is 0.328 e. The van der Waals surface area contributed by atoms with Gasteiger partial charge in [-0.05, 0) is 23.8 Å². The third-order valence-corrected chi connectivity index (χ3v) is 2.44. The van der Waals surface area contributed by atoms with E-state index in [0.29, 0.717) is 16.3 Å². The molecule has 0 radical (unpaired) electrons. The summed E-state index contributed by atoms with van der Waals surface area (Å²) in [6, 6.07) is 4.96. The molecule has 0 atom stereocenters. The van der Waals surface area contributed by atoms with Crippen molar-refractivity contribution in [2.24, 2.45) is 5.73 Å². The van der Waals surface area contributed by atoms with Crippen LogP contribution in [-0.2, 0) is 9.59 Å². The molecule has 1 aromatic rings. The highest BCUT2D eigenvalue weighted by Gasteiger charge is 2.09. The Hall–Kier alpha value is -2.01. The number of carbonyl (C=O) groups excluding carboxylic acids is 1. The van der Waals surface area contributed by atoms with Gasteiger partial charge < -0.3 is 15.7 Å². The highest BCUT2D eigenvalue weighted by atomic mass is 35.5. The molecule has 0 aliphatic carbocycles. The molecule has 0 heterocycles. The van der Waals surface area contributed by atoms with E-state index in [9.17, 15) is 9.59 Å². The number of anilines is 1. The molecule has 1 amide bonds. The largest absolute Gasteiger partial charge is 0.478 e. The van der Waals surface area contributed by atoms with Gasteiger partial charge in [-0.3, -0.25) is 4.79 Å². The number of hydrogen-bond acceptors (Lipinski definition) is 3. The van der Waals surface area contributed by atoms with Gasteiger partial charge in [-0.1, -0.05) is 17.7 Å². The summed E-state index contributed by atoms with van der Waals surface area (Å²) in [4.78, 5) is 23.0. The zero-order valence-electron chi connectivity index (χ0n) is 9.76. The van der Waals surface area contributed by atoms with E-state index in [1.165, 1.54) is 6.08 Å². The Bertz CT molecular complexity index is 500. The monoisotopic (exact) mass is 268 g/mol. The molecule has 0 bridgehead atoms. The molecule has 0 unspecified atom stereocenters. The number of carboxylic acids is 1. The van der Waals surface area contributed by atoms with Gasteiger partial charge in [0.15, 0.2) is 0 Å². The van der Waals surface area contributed by atoms with Crippen molar-refractivity contribution in [2.75, 3.05) is 18.5 Å². The van der Waals surface area contributed by atoms with Gasteiger partial charge in [-0.2, -0.15) is 0 Å². The van der Waals surface area contributed by atoms with Crippen molar-refractivity contribution >= 4 is 35.2 Å². The lowest BCUT2D eigenvalue weighted by Crippen LogP contribution is -2.30. The molecule has 0 aliphatic heterocycles. The molecule has 0 saturated carbocycles. The molecule has 5 nitrogen and oxygen atoms in total. The molecule has 0 spiro atoms. The highest BCUT2D eigenvalue weighted by molar-refractivity contribution is 6.31. The average Bonchev–Trinajstić information content (AvgIpc) is 2.26. The van der Waals surface area contributed by atoms with Crippen LogP contribution in [0.15, 0.2) is 24.3 Å². The molecule has 0 fully saturated rings. The number of hydrogen-bond donors (Lipinski definition) is 2. The molecule has 3 N–H and O–H groups in total. The van der Waals surface area contributed by atoms with Gasteiger partial charge >= 0.3 is 5.97 Å². The van der Waals surface area contributed by atoms with E-state index >= 15 is 0 Å². The van der Waals surface area contributed by atoms with Crippen LogP contribution in [-0.4, -0.2) is 30.6 Å². The van der Waals surface area contributed by atoms with Crippen molar-refractivity contribution in [3.05, 3.63) is 34.9 Å². The Morgan fingerprint density at radius 1 is 1.50 bits per heavy atom. The summed E-state index contributed by atoms with van der Waals surface area (Å²) in [6.45, 7) is 0.0221. The van der Waals surface area contributed by atoms with E-state index in [4.69, 9.17) is 22.4 Å². The van der Waals surface area contributed by atoms with Crippen molar-refractivity contribution in [2.45, 2.75) is 0 Å². The number of nitrogens with zero attached hydrogens (tertiary/aromatic N) is 1. The van der Waals surface area contributed by atoms with Crippen molar-refractivity contribution in [1.29, 1.82) is 0 Å². The number of likely N-dealkylation sites (N-methyl/N-ethyl adjacent to an activating group) is 1. The zero-order valence-corrected chi connectivity index (χ0v) is 10.5. The first kappa shape index (κ1) is 14.1. The second-order valence-corrected chi connectivity index (χ2v) is 4.13. The van der Waals surface area contributed by atoms with Crippen LogP contribution in [0.3, 0.4) is 0 Å². The Labute approximate surface area is 109 Å². The summed E-state index contributed by atoms with van der Waals surface area (Å²) >= 11 is 5.88. The van der Waals surface area contributed by atoms with Crippen LogP contribution in [0.1, 0.15) is 5.56 Å². The summed E-state index contributed by atoms with van der Waals surface area (Å²) in [6.07, 6.45) is 2.45. The molecule has 18 heavy (non-hydrogen) atoms. The number of carboxylic acid groups (broad SMARTS) is 1. The van der Waals surface area contributed by atoms with E-state index in [0.717, 1.165) is 6.08 Å². The Morgan fingerprint density at radius 3 is 2.72 bits per heavy atom. The number of carbonyl (C=O) groups is 2. The van der Waals surface area contributed by atoms with E-state index in [-0.39, 0.29) is 6.54 Å². The lowest BCUT2D eigenvalue weighted by atomic mass is 10.1. The summed E-state index contributed by atoms with van der Waals surface area (Å²) in [5.74, 6) is -1.53. The number of amides is 1. The third-order valence-electron chi connectivity index (χ3n) is 2.20. The lowest BCUT2D eigenvalue weighted by Gasteiger charge is -2.20. The van der Waals surface area contributed by atoms with Gasteiger partial charge in [-0.15, -0.1) is 0 Å². The minimum absolute atomic E-state index is 0.0221. The van der Waals surface area contributed by atoms with E-state index < -0.39 is 11.9 Å². The van der Waals surface area contributed by atoms with Crippen molar-refractivity contribution in [3.63, 3.8) is 0 Å². The molecule has 0 aromatic heterocycles. The number of nitrogens with two attached hydrogens (primary N) is 1. The fourth-order valence-corrected chi connectivity index (χ4v) is 1.63. The molecular formula is C12H13ClN2O3. The summed E-state index contributed by atoms with van der Waals surface area (Å²) in [7, 11) is 1.68. The minimum atomic E-state index is -1.05. The fourth-order valence-electron chi connectivity index (χ4n) is 1.47.